The van der Waals surface area contributed by atoms with Gasteiger partial charge in [0.2, 0.25) is 0 Å². The minimum Gasteiger partial charge on any atom is -0.480 e. The van der Waals surface area contributed by atoms with E-state index in [9.17, 15) is 27.6 Å². The number of carboxylic acid groups (broad SMARTS) is 1. The van der Waals surface area contributed by atoms with Crippen molar-refractivity contribution in [3.8, 4) is 0 Å². The van der Waals surface area contributed by atoms with Crippen LogP contribution >= 0.6 is 0 Å². The molecule has 5 nitrogen and oxygen atoms in total. The number of aliphatic carboxylic acids is 1. The summed E-state index contributed by atoms with van der Waals surface area (Å²) in [5.41, 5.74) is 0. The predicted molar refractivity (Wildman–Crippen MR) is 38.8 cm³/mol. The highest BCUT2D eigenvalue weighted by molar-refractivity contribution is 5.98. The number of carbonyl (C=O) groups excluding carboxylic acids is 2. The smallest absolute Gasteiger partial charge is 0.471 e. The van der Waals surface area contributed by atoms with Crippen molar-refractivity contribution < 1.29 is 32.7 Å². The molecule has 0 aromatic rings. The summed E-state index contributed by atoms with van der Waals surface area (Å²) in [5, 5.41) is 8.50. The van der Waals surface area contributed by atoms with Crippen LogP contribution in [0.4, 0.5) is 13.2 Å². The van der Waals surface area contributed by atoms with Gasteiger partial charge < -0.3 is 10.0 Å². The Morgan fingerprint density at radius 2 is 1.93 bits per heavy atom. The molecule has 0 bridgehead atoms. The maximum atomic E-state index is 12.0. The molecule has 8 heteroatoms. The summed E-state index contributed by atoms with van der Waals surface area (Å²) < 4.78 is 35.9. The highest BCUT2D eigenvalue weighted by Crippen LogP contribution is 2.24. The number of ketones is 1. The zero-order chi connectivity index (χ0) is 11.8. The zero-order valence-electron chi connectivity index (χ0n) is 7.24. The largest absolute Gasteiger partial charge is 0.480 e. The predicted octanol–water partition coefficient (Wildman–Crippen LogP) is -0.197. The Morgan fingerprint density at radius 1 is 1.40 bits per heavy atom. The average molecular weight is 225 g/mol. The molecule has 0 saturated carbocycles. The molecule has 84 valence electrons. The molecule has 1 rings (SSSR count). The van der Waals surface area contributed by atoms with Gasteiger partial charge in [0.1, 0.15) is 6.04 Å². The molecule has 1 fully saturated rings. The van der Waals surface area contributed by atoms with Crippen LogP contribution in [0.25, 0.3) is 0 Å². The van der Waals surface area contributed by atoms with Gasteiger partial charge in [-0.2, -0.15) is 13.2 Å². The van der Waals surface area contributed by atoms with Crippen molar-refractivity contribution in [2.75, 3.05) is 6.54 Å². The van der Waals surface area contributed by atoms with E-state index in [0.29, 0.717) is 0 Å². The molecular formula is C7H6F3NO4. The molecule has 1 atom stereocenters. The quantitative estimate of drug-likeness (QED) is 0.670. The van der Waals surface area contributed by atoms with Crippen LogP contribution in [0.5, 0.6) is 0 Å². The second-order valence-corrected chi connectivity index (χ2v) is 3.03. The van der Waals surface area contributed by atoms with Crippen molar-refractivity contribution in [1.29, 1.82) is 0 Å². The molecular weight excluding hydrogens is 219 g/mol. The van der Waals surface area contributed by atoms with Gasteiger partial charge in [0.05, 0.1) is 6.54 Å². The molecule has 15 heavy (non-hydrogen) atoms. The SMILES string of the molecule is O=C1CC(C(=O)O)N(C(=O)C(F)(F)F)C1. The number of alkyl halides is 3. The normalized spacial score (nSPS) is 21.9. The van der Waals surface area contributed by atoms with Crippen LogP contribution in [0.2, 0.25) is 0 Å². The molecule has 0 aliphatic carbocycles. The third-order valence-electron chi connectivity index (χ3n) is 1.93. The molecule has 0 radical (unpaired) electrons. The Balaban J connectivity index is 2.89. The lowest BCUT2D eigenvalue weighted by molar-refractivity contribution is -0.188. The number of amides is 1. The second-order valence-electron chi connectivity index (χ2n) is 3.03. The molecule has 1 heterocycles. The Morgan fingerprint density at radius 3 is 2.33 bits per heavy atom. The van der Waals surface area contributed by atoms with Gasteiger partial charge in [0.15, 0.2) is 5.78 Å². The van der Waals surface area contributed by atoms with Gasteiger partial charge in [-0.3, -0.25) is 9.59 Å². The highest BCUT2D eigenvalue weighted by Gasteiger charge is 2.49. The fraction of sp³-hybridized carbons (Fsp3) is 0.571. The molecule has 1 aliphatic heterocycles. The summed E-state index contributed by atoms with van der Waals surface area (Å²) in [6.07, 6.45) is -5.73. The zero-order valence-corrected chi connectivity index (χ0v) is 7.24. The minimum atomic E-state index is -5.15. The molecule has 1 amide bonds. The minimum absolute atomic E-state index is 0.0324. The van der Waals surface area contributed by atoms with E-state index in [1.807, 2.05) is 0 Å². The second kappa shape index (κ2) is 3.52. The molecule has 1 saturated heterocycles. The Hall–Kier alpha value is -1.60. The van der Waals surface area contributed by atoms with E-state index < -0.39 is 42.8 Å². The number of Topliss-reactive ketones (excluding diaryl/α,β-unsaturated/α-hetero) is 1. The number of nitrogens with zero attached hydrogens (tertiary/aromatic N) is 1. The van der Waals surface area contributed by atoms with Crippen LogP contribution in [0, 0.1) is 0 Å². The van der Waals surface area contributed by atoms with Gasteiger partial charge in [-0.15, -0.1) is 0 Å². The lowest BCUT2D eigenvalue weighted by Gasteiger charge is -2.21. The van der Waals surface area contributed by atoms with Crippen LogP contribution in [0.15, 0.2) is 0 Å². The number of carboxylic acids is 1. The van der Waals surface area contributed by atoms with Crippen LogP contribution in [-0.4, -0.2) is 46.4 Å². The molecule has 0 spiro atoms. The van der Waals surface area contributed by atoms with Crippen LogP contribution in [-0.2, 0) is 14.4 Å². The van der Waals surface area contributed by atoms with E-state index in [0.717, 1.165) is 0 Å². The van der Waals surface area contributed by atoms with Gasteiger partial charge in [0, 0.05) is 6.42 Å². The number of halogens is 3. The number of carbonyl (C=O) groups is 3. The van der Waals surface area contributed by atoms with Gasteiger partial charge >= 0.3 is 18.1 Å². The summed E-state index contributed by atoms with van der Waals surface area (Å²) in [6.45, 7) is -0.796. The first-order valence-corrected chi connectivity index (χ1v) is 3.85. The summed E-state index contributed by atoms with van der Waals surface area (Å²) >= 11 is 0. The van der Waals surface area contributed by atoms with E-state index >= 15 is 0 Å². The summed E-state index contributed by atoms with van der Waals surface area (Å²) in [7, 11) is 0. The number of hydrogen-bond acceptors (Lipinski definition) is 3. The van der Waals surface area contributed by atoms with Gasteiger partial charge in [-0.1, -0.05) is 0 Å². The van der Waals surface area contributed by atoms with Crippen LogP contribution in [0.1, 0.15) is 6.42 Å². The van der Waals surface area contributed by atoms with E-state index in [1.165, 1.54) is 0 Å². The third kappa shape index (κ3) is 2.25. The van der Waals surface area contributed by atoms with Crippen molar-refractivity contribution >= 4 is 17.7 Å². The Labute approximate surface area is 81.5 Å². The molecule has 0 aromatic carbocycles. The fourth-order valence-electron chi connectivity index (χ4n) is 1.29. The Kier molecular flexibility index (Phi) is 2.69. The Bertz CT molecular complexity index is 325. The van der Waals surface area contributed by atoms with Gasteiger partial charge in [-0.05, 0) is 0 Å². The monoisotopic (exact) mass is 225 g/mol. The molecule has 0 aromatic heterocycles. The standard InChI is InChI=1S/C7H6F3NO4/c8-7(9,10)6(15)11-2-3(12)1-4(11)5(13)14/h4H,1-2H2,(H,13,14). The van der Waals surface area contributed by atoms with E-state index in [1.54, 1.807) is 0 Å². The lowest BCUT2D eigenvalue weighted by atomic mass is 10.2. The first-order chi connectivity index (χ1) is 6.73. The average Bonchev–Trinajstić information content (AvgIpc) is 2.44. The van der Waals surface area contributed by atoms with E-state index in [-0.39, 0.29) is 4.90 Å². The third-order valence-corrected chi connectivity index (χ3v) is 1.93. The summed E-state index contributed by atoms with van der Waals surface area (Å²) in [5.74, 6) is -4.60. The van der Waals surface area contributed by atoms with E-state index in [2.05, 4.69) is 0 Å². The van der Waals surface area contributed by atoms with Crippen molar-refractivity contribution in [3.05, 3.63) is 0 Å². The van der Waals surface area contributed by atoms with E-state index in [4.69, 9.17) is 5.11 Å². The number of rotatable bonds is 1. The number of likely N-dealkylation sites (tertiary alicyclic amines) is 1. The molecule has 1 aliphatic rings. The highest BCUT2D eigenvalue weighted by atomic mass is 19.4. The van der Waals surface area contributed by atoms with Crippen molar-refractivity contribution in [3.63, 3.8) is 0 Å². The summed E-state index contributed by atoms with van der Waals surface area (Å²) in [4.78, 5) is 32.0. The summed E-state index contributed by atoms with van der Waals surface area (Å²) in [6, 6.07) is -1.70. The van der Waals surface area contributed by atoms with Crippen molar-refractivity contribution in [1.82, 2.24) is 4.90 Å². The van der Waals surface area contributed by atoms with Gasteiger partial charge in [0.25, 0.3) is 0 Å². The van der Waals surface area contributed by atoms with Gasteiger partial charge in [-0.25, -0.2) is 4.79 Å². The lowest BCUT2D eigenvalue weighted by Crippen LogP contribution is -2.46. The molecule has 1 N–H and O–H groups in total. The maximum absolute atomic E-state index is 12.0. The van der Waals surface area contributed by atoms with Crippen LogP contribution < -0.4 is 0 Å². The first-order valence-electron chi connectivity index (χ1n) is 3.85. The van der Waals surface area contributed by atoms with Crippen LogP contribution in [0.3, 0.4) is 0 Å². The van der Waals surface area contributed by atoms with Crippen molar-refractivity contribution in [2.45, 2.75) is 18.6 Å². The maximum Gasteiger partial charge on any atom is 0.471 e. The molecule has 1 unspecified atom stereocenters. The van der Waals surface area contributed by atoms with Crippen molar-refractivity contribution in [2.24, 2.45) is 0 Å². The number of hydrogen-bond donors (Lipinski definition) is 1. The fourth-order valence-corrected chi connectivity index (χ4v) is 1.29. The topological polar surface area (TPSA) is 74.7 Å². The first kappa shape index (κ1) is 11.5.